The lowest BCUT2D eigenvalue weighted by Crippen LogP contribution is -2.26. The largest absolute Gasteiger partial charge is 0.483 e. The van der Waals surface area contributed by atoms with Crippen LogP contribution in [0.5, 0.6) is 0 Å². The van der Waals surface area contributed by atoms with Crippen LogP contribution in [0.15, 0.2) is 24.5 Å². The van der Waals surface area contributed by atoms with Crippen LogP contribution in [0.3, 0.4) is 0 Å². The third-order valence-corrected chi connectivity index (χ3v) is 1.12. The minimum Gasteiger partial charge on any atom is -0.483 e. The van der Waals surface area contributed by atoms with Gasteiger partial charge in [-0.15, -0.1) is 0 Å². The number of hydrogen-bond acceptors (Lipinski definition) is 2. The maximum atomic E-state index is 10.1. The Bertz CT molecular complexity index is 170. The highest BCUT2D eigenvalue weighted by atomic mass is 16.5. The van der Waals surface area contributed by atoms with Gasteiger partial charge in [-0.25, -0.2) is 0 Å². The lowest BCUT2D eigenvalue weighted by Gasteiger charge is -2.18. The predicted molar refractivity (Wildman–Crippen MR) is 33.5 cm³/mol. The maximum Gasteiger partial charge on any atom is 0.250 e. The lowest BCUT2D eigenvalue weighted by atomic mass is 10.1. The molecule has 9 heavy (non-hydrogen) atoms. The van der Waals surface area contributed by atoms with Gasteiger partial charge in [-0.2, -0.15) is 0 Å². The summed E-state index contributed by atoms with van der Waals surface area (Å²) in [4.78, 5) is 10.1. The summed E-state index contributed by atoms with van der Waals surface area (Å²) < 4.78 is 4.92. The van der Waals surface area contributed by atoms with Gasteiger partial charge in [0.1, 0.15) is 0 Å². The number of rotatable bonds is 1. The molecule has 0 N–H and O–H groups in total. The molecule has 1 heterocycles. The Morgan fingerprint density at radius 2 is 2.33 bits per heavy atom. The van der Waals surface area contributed by atoms with Gasteiger partial charge in [0.15, 0.2) is 5.60 Å². The van der Waals surface area contributed by atoms with E-state index < -0.39 is 5.60 Å². The molecular weight excluding hydrogens is 116 g/mol. The first-order valence-electron chi connectivity index (χ1n) is 2.68. The SMILES string of the molecule is CC1([C]=O)C=CC=CO1. The third kappa shape index (κ3) is 1.19. The molecule has 0 saturated heterocycles. The van der Waals surface area contributed by atoms with Crippen molar-refractivity contribution in [2.75, 3.05) is 0 Å². The van der Waals surface area contributed by atoms with E-state index in [2.05, 4.69) is 0 Å². The normalized spacial score (nSPS) is 31.7. The fraction of sp³-hybridized carbons (Fsp3) is 0.286. The summed E-state index contributed by atoms with van der Waals surface area (Å²) in [6.07, 6.45) is 8.38. The highest BCUT2D eigenvalue weighted by Gasteiger charge is 2.22. The molecule has 1 aliphatic rings. The topological polar surface area (TPSA) is 26.3 Å². The van der Waals surface area contributed by atoms with E-state index in [9.17, 15) is 4.79 Å². The van der Waals surface area contributed by atoms with Crippen molar-refractivity contribution in [3.63, 3.8) is 0 Å². The zero-order valence-electron chi connectivity index (χ0n) is 5.13. The van der Waals surface area contributed by atoms with E-state index in [-0.39, 0.29) is 0 Å². The maximum absolute atomic E-state index is 10.1. The van der Waals surface area contributed by atoms with E-state index in [1.165, 1.54) is 6.26 Å². The number of carbonyl (C=O) groups excluding carboxylic acids is 1. The van der Waals surface area contributed by atoms with Crippen molar-refractivity contribution in [2.45, 2.75) is 12.5 Å². The zero-order chi connectivity index (χ0) is 6.74. The molecule has 1 radical (unpaired) electrons. The minimum absolute atomic E-state index is 0.852. The average molecular weight is 123 g/mol. The molecule has 0 aromatic rings. The molecule has 47 valence electrons. The summed E-state index contributed by atoms with van der Waals surface area (Å²) in [6, 6.07) is 0. The summed E-state index contributed by atoms with van der Waals surface area (Å²) in [5, 5.41) is 0. The molecule has 0 aliphatic carbocycles. The van der Waals surface area contributed by atoms with Gasteiger partial charge >= 0.3 is 0 Å². The van der Waals surface area contributed by atoms with Crippen LogP contribution in [-0.4, -0.2) is 11.9 Å². The molecule has 0 saturated carbocycles. The van der Waals surface area contributed by atoms with Crippen molar-refractivity contribution in [1.29, 1.82) is 0 Å². The van der Waals surface area contributed by atoms with Crippen molar-refractivity contribution in [3.05, 3.63) is 24.5 Å². The van der Waals surface area contributed by atoms with Gasteiger partial charge in [0.25, 0.3) is 0 Å². The first kappa shape index (κ1) is 6.08. The van der Waals surface area contributed by atoms with Crippen LogP contribution < -0.4 is 0 Å². The fourth-order valence-electron chi connectivity index (χ4n) is 0.563. The van der Waals surface area contributed by atoms with E-state index in [0.29, 0.717) is 0 Å². The van der Waals surface area contributed by atoms with E-state index in [1.807, 2.05) is 0 Å². The summed E-state index contributed by atoms with van der Waals surface area (Å²) in [5.74, 6) is 0. The van der Waals surface area contributed by atoms with Gasteiger partial charge in [-0.05, 0) is 19.1 Å². The van der Waals surface area contributed by atoms with Crippen molar-refractivity contribution < 1.29 is 9.53 Å². The Hall–Kier alpha value is -1.05. The molecule has 1 unspecified atom stereocenters. The van der Waals surface area contributed by atoms with E-state index in [1.54, 1.807) is 31.4 Å². The van der Waals surface area contributed by atoms with Crippen molar-refractivity contribution in [2.24, 2.45) is 0 Å². The molecule has 1 atom stereocenters. The van der Waals surface area contributed by atoms with Gasteiger partial charge in [0, 0.05) is 0 Å². The fourth-order valence-corrected chi connectivity index (χ4v) is 0.563. The summed E-state index contributed by atoms with van der Waals surface area (Å²) >= 11 is 0. The van der Waals surface area contributed by atoms with Gasteiger partial charge in [-0.1, -0.05) is 6.08 Å². The third-order valence-electron chi connectivity index (χ3n) is 1.12. The molecule has 2 nitrogen and oxygen atoms in total. The lowest BCUT2D eigenvalue weighted by molar-refractivity contribution is 0.143. The molecule has 2 heteroatoms. The van der Waals surface area contributed by atoms with Crippen LogP contribution in [0.25, 0.3) is 0 Å². The molecule has 0 bridgehead atoms. The van der Waals surface area contributed by atoms with Crippen molar-refractivity contribution in [3.8, 4) is 0 Å². The van der Waals surface area contributed by atoms with Gasteiger partial charge in [0.2, 0.25) is 6.29 Å². The summed E-state index contributed by atoms with van der Waals surface area (Å²) in [7, 11) is 0. The van der Waals surface area contributed by atoms with Gasteiger partial charge in [-0.3, -0.25) is 4.79 Å². The van der Waals surface area contributed by atoms with Crippen LogP contribution in [0, 0.1) is 0 Å². The van der Waals surface area contributed by atoms with Crippen LogP contribution in [-0.2, 0) is 9.53 Å². The Kier molecular flexibility index (Phi) is 1.39. The molecule has 0 spiro atoms. The van der Waals surface area contributed by atoms with E-state index in [4.69, 9.17) is 4.74 Å². The molecule has 0 amide bonds. The van der Waals surface area contributed by atoms with Crippen LogP contribution in [0.1, 0.15) is 6.92 Å². The highest BCUT2D eigenvalue weighted by molar-refractivity contribution is 5.66. The Labute approximate surface area is 53.8 Å². The molecule has 0 fully saturated rings. The smallest absolute Gasteiger partial charge is 0.250 e. The van der Waals surface area contributed by atoms with Gasteiger partial charge in [0.05, 0.1) is 6.26 Å². The number of hydrogen-bond donors (Lipinski definition) is 0. The number of allylic oxidation sites excluding steroid dienone is 2. The molecule has 1 rings (SSSR count). The molecule has 1 aliphatic heterocycles. The Balaban J connectivity index is 2.73. The first-order chi connectivity index (χ1) is 4.27. The zero-order valence-corrected chi connectivity index (χ0v) is 5.13. The van der Waals surface area contributed by atoms with Crippen LogP contribution >= 0.6 is 0 Å². The van der Waals surface area contributed by atoms with Crippen molar-refractivity contribution in [1.82, 2.24) is 0 Å². The monoisotopic (exact) mass is 123 g/mol. The predicted octanol–water partition coefficient (Wildman–Crippen LogP) is 0.955. The molecule has 0 aromatic heterocycles. The van der Waals surface area contributed by atoms with Crippen molar-refractivity contribution >= 4 is 6.29 Å². The molecular formula is C7H7O2. The molecule has 0 aromatic carbocycles. The average Bonchev–Trinajstić information content (AvgIpc) is 1.90. The second-order valence-corrected chi connectivity index (χ2v) is 2.01. The van der Waals surface area contributed by atoms with E-state index in [0.717, 1.165) is 0 Å². The Morgan fingerprint density at radius 1 is 1.56 bits per heavy atom. The van der Waals surface area contributed by atoms with Crippen LogP contribution in [0.4, 0.5) is 0 Å². The second-order valence-electron chi connectivity index (χ2n) is 2.01. The minimum atomic E-state index is -0.852. The standard InChI is InChI=1S/C7H7O2/c1-7(6-8)4-2-3-5-9-7/h2-5H,1H3. The number of ether oxygens (including phenoxy) is 1. The first-order valence-corrected chi connectivity index (χ1v) is 2.68. The van der Waals surface area contributed by atoms with Crippen LogP contribution in [0.2, 0.25) is 0 Å². The highest BCUT2D eigenvalue weighted by Crippen LogP contribution is 2.12. The van der Waals surface area contributed by atoms with Gasteiger partial charge < -0.3 is 4.74 Å². The Morgan fingerprint density at radius 3 is 2.67 bits per heavy atom. The quantitative estimate of drug-likeness (QED) is 0.519. The van der Waals surface area contributed by atoms with E-state index >= 15 is 0 Å². The second kappa shape index (κ2) is 2.05. The summed E-state index contributed by atoms with van der Waals surface area (Å²) in [5.41, 5.74) is -0.852. The summed E-state index contributed by atoms with van der Waals surface area (Å²) in [6.45, 7) is 1.65.